The maximum absolute atomic E-state index is 10.7. The average Bonchev–Trinajstić information content (AvgIpc) is 2.43. The summed E-state index contributed by atoms with van der Waals surface area (Å²) in [5, 5.41) is 0. The van der Waals surface area contributed by atoms with Gasteiger partial charge in [-0.25, -0.2) is 0 Å². The van der Waals surface area contributed by atoms with Gasteiger partial charge in [0.1, 0.15) is 6.10 Å². The molecule has 3 heteroatoms. The lowest BCUT2D eigenvalue weighted by molar-refractivity contribution is -0.146. The zero-order valence-corrected chi connectivity index (χ0v) is 7.29. The Hall–Kier alpha value is -0.570. The van der Waals surface area contributed by atoms with E-state index in [0.29, 0.717) is 11.8 Å². The molecule has 0 bridgehead atoms. The van der Waals surface area contributed by atoms with Gasteiger partial charge in [-0.15, -0.1) is 0 Å². The van der Waals surface area contributed by atoms with Gasteiger partial charge in [0.2, 0.25) is 0 Å². The number of hydrogen-bond acceptors (Lipinski definition) is 3. The van der Waals surface area contributed by atoms with Crippen LogP contribution >= 0.6 is 0 Å². The average molecular weight is 170 g/mol. The first kappa shape index (κ1) is 8.05. The largest absolute Gasteiger partial charge is 0.463 e. The molecule has 1 saturated heterocycles. The van der Waals surface area contributed by atoms with Crippen molar-refractivity contribution in [2.24, 2.45) is 11.8 Å². The molecule has 3 atom stereocenters. The lowest BCUT2D eigenvalue weighted by atomic mass is 10.0. The molecule has 0 radical (unpaired) electrons. The molecule has 1 heterocycles. The summed E-state index contributed by atoms with van der Waals surface area (Å²) in [6.07, 6.45) is 2.18. The second-order valence-electron chi connectivity index (χ2n) is 3.76. The fraction of sp³-hybridized carbons (Fsp3) is 0.889. The van der Waals surface area contributed by atoms with Crippen molar-refractivity contribution >= 4 is 5.97 Å². The SMILES string of the molecule is CC(=O)OC1C[C@H]2COC[C@H]2C1. The minimum absolute atomic E-state index is 0.152. The molecule has 3 nitrogen and oxygen atoms in total. The third-order valence-electron chi connectivity index (χ3n) is 2.79. The summed E-state index contributed by atoms with van der Waals surface area (Å²) in [7, 11) is 0. The number of rotatable bonds is 1. The number of carbonyl (C=O) groups excluding carboxylic acids is 1. The monoisotopic (exact) mass is 170 g/mol. The number of hydrogen-bond donors (Lipinski definition) is 0. The zero-order chi connectivity index (χ0) is 8.55. The molecule has 2 rings (SSSR count). The van der Waals surface area contributed by atoms with Gasteiger partial charge in [0.25, 0.3) is 0 Å². The fourth-order valence-electron chi connectivity index (χ4n) is 2.27. The Balaban J connectivity index is 1.86. The predicted molar refractivity (Wildman–Crippen MR) is 42.6 cm³/mol. The fourth-order valence-corrected chi connectivity index (χ4v) is 2.27. The number of esters is 1. The van der Waals surface area contributed by atoms with Gasteiger partial charge in [0.05, 0.1) is 0 Å². The molecule has 2 aliphatic rings. The molecule has 1 aliphatic carbocycles. The number of fused-ring (bicyclic) bond motifs is 1. The van der Waals surface area contributed by atoms with Gasteiger partial charge >= 0.3 is 5.97 Å². The van der Waals surface area contributed by atoms with Gasteiger partial charge in [-0.3, -0.25) is 4.79 Å². The molecule has 68 valence electrons. The van der Waals surface area contributed by atoms with Crippen LogP contribution in [0.5, 0.6) is 0 Å². The van der Waals surface area contributed by atoms with Crippen molar-refractivity contribution in [1.82, 2.24) is 0 Å². The van der Waals surface area contributed by atoms with E-state index in [2.05, 4.69) is 0 Å². The molecule has 1 unspecified atom stereocenters. The van der Waals surface area contributed by atoms with Crippen molar-refractivity contribution < 1.29 is 14.3 Å². The Morgan fingerprint density at radius 3 is 2.42 bits per heavy atom. The standard InChI is InChI=1S/C9H14O3/c1-6(10)12-9-2-7-4-11-5-8(7)3-9/h7-9H,2-5H2,1H3/t7-,8+,9?. The Morgan fingerprint density at radius 1 is 1.33 bits per heavy atom. The third kappa shape index (κ3) is 1.46. The van der Waals surface area contributed by atoms with E-state index in [1.165, 1.54) is 6.92 Å². The Bertz CT molecular complexity index is 178. The molecule has 1 saturated carbocycles. The topological polar surface area (TPSA) is 35.5 Å². The lowest BCUT2D eigenvalue weighted by Gasteiger charge is -2.10. The molecule has 0 amide bonds. The van der Waals surface area contributed by atoms with E-state index in [1.807, 2.05) is 0 Å². The van der Waals surface area contributed by atoms with Crippen molar-refractivity contribution in [3.63, 3.8) is 0 Å². The summed E-state index contributed by atoms with van der Waals surface area (Å²) < 4.78 is 10.5. The summed E-state index contributed by atoms with van der Waals surface area (Å²) in [6.45, 7) is 3.20. The molecular formula is C9H14O3. The van der Waals surface area contributed by atoms with Gasteiger partial charge in [-0.05, 0) is 24.7 Å². The van der Waals surface area contributed by atoms with Crippen molar-refractivity contribution in [2.75, 3.05) is 13.2 Å². The predicted octanol–water partition coefficient (Wildman–Crippen LogP) is 0.974. The molecular weight excluding hydrogens is 156 g/mol. The molecule has 1 aliphatic heterocycles. The highest BCUT2D eigenvalue weighted by Crippen LogP contribution is 2.37. The van der Waals surface area contributed by atoms with Crippen LogP contribution in [0.2, 0.25) is 0 Å². The maximum Gasteiger partial charge on any atom is 0.302 e. The zero-order valence-electron chi connectivity index (χ0n) is 7.29. The number of ether oxygens (including phenoxy) is 2. The summed E-state index contributed by atoms with van der Waals surface area (Å²) in [5.74, 6) is 1.14. The minimum atomic E-state index is -0.152. The van der Waals surface area contributed by atoms with E-state index in [9.17, 15) is 4.79 Å². The van der Waals surface area contributed by atoms with Gasteiger partial charge in [0.15, 0.2) is 0 Å². The maximum atomic E-state index is 10.7. The molecule has 0 N–H and O–H groups in total. The molecule has 0 aromatic carbocycles. The first-order chi connectivity index (χ1) is 5.75. The van der Waals surface area contributed by atoms with Gasteiger partial charge in [0, 0.05) is 20.1 Å². The lowest BCUT2D eigenvalue weighted by Crippen LogP contribution is -2.14. The molecule has 2 fully saturated rings. The Labute approximate surface area is 72.0 Å². The first-order valence-corrected chi connectivity index (χ1v) is 4.50. The van der Waals surface area contributed by atoms with Gasteiger partial charge in [-0.2, -0.15) is 0 Å². The first-order valence-electron chi connectivity index (χ1n) is 4.50. The second kappa shape index (κ2) is 3.05. The van der Waals surface area contributed by atoms with Crippen LogP contribution < -0.4 is 0 Å². The van der Waals surface area contributed by atoms with E-state index in [-0.39, 0.29) is 12.1 Å². The van der Waals surface area contributed by atoms with Gasteiger partial charge < -0.3 is 9.47 Å². The van der Waals surface area contributed by atoms with E-state index < -0.39 is 0 Å². The van der Waals surface area contributed by atoms with Gasteiger partial charge in [-0.1, -0.05) is 0 Å². The molecule has 0 spiro atoms. The van der Waals surface area contributed by atoms with Crippen molar-refractivity contribution in [2.45, 2.75) is 25.9 Å². The summed E-state index contributed by atoms with van der Waals surface area (Å²) in [4.78, 5) is 10.7. The van der Waals surface area contributed by atoms with E-state index in [1.54, 1.807) is 0 Å². The van der Waals surface area contributed by atoms with Crippen LogP contribution in [-0.2, 0) is 14.3 Å². The summed E-state index contributed by atoms with van der Waals surface area (Å²) in [6, 6.07) is 0. The molecule has 12 heavy (non-hydrogen) atoms. The summed E-state index contributed by atoms with van der Waals surface area (Å²) in [5.41, 5.74) is 0. The number of carbonyl (C=O) groups is 1. The van der Waals surface area contributed by atoms with Crippen LogP contribution in [0, 0.1) is 11.8 Å². The van der Waals surface area contributed by atoms with E-state index in [0.717, 1.165) is 26.1 Å². The van der Waals surface area contributed by atoms with E-state index >= 15 is 0 Å². The smallest absolute Gasteiger partial charge is 0.302 e. The van der Waals surface area contributed by atoms with Crippen LogP contribution in [0.15, 0.2) is 0 Å². The summed E-state index contributed by atoms with van der Waals surface area (Å²) >= 11 is 0. The van der Waals surface area contributed by atoms with Crippen LogP contribution in [0.3, 0.4) is 0 Å². The second-order valence-corrected chi connectivity index (χ2v) is 3.76. The van der Waals surface area contributed by atoms with Crippen molar-refractivity contribution in [3.05, 3.63) is 0 Å². The molecule has 0 aromatic rings. The Kier molecular flexibility index (Phi) is 2.05. The highest BCUT2D eigenvalue weighted by atomic mass is 16.5. The van der Waals surface area contributed by atoms with Crippen LogP contribution in [0.4, 0.5) is 0 Å². The van der Waals surface area contributed by atoms with Crippen LogP contribution in [-0.4, -0.2) is 25.3 Å². The van der Waals surface area contributed by atoms with Crippen molar-refractivity contribution in [1.29, 1.82) is 0 Å². The molecule has 0 aromatic heterocycles. The minimum Gasteiger partial charge on any atom is -0.463 e. The highest BCUT2D eigenvalue weighted by molar-refractivity contribution is 5.66. The Morgan fingerprint density at radius 2 is 1.92 bits per heavy atom. The quantitative estimate of drug-likeness (QED) is 0.550. The van der Waals surface area contributed by atoms with E-state index in [4.69, 9.17) is 9.47 Å². The van der Waals surface area contributed by atoms with Crippen molar-refractivity contribution in [3.8, 4) is 0 Å². The third-order valence-corrected chi connectivity index (χ3v) is 2.79. The highest BCUT2D eigenvalue weighted by Gasteiger charge is 2.39. The normalized spacial score (nSPS) is 39.6. The van der Waals surface area contributed by atoms with Crippen LogP contribution in [0.25, 0.3) is 0 Å². The van der Waals surface area contributed by atoms with Crippen LogP contribution in [0.1, 0.15) is 19.8 Å².